The van der Waals surface area contributed by atoms with Crippen molar-refractivity contribution in [2.45, 2.75) is 19.0 Å². The van der Waals surface area contributed by atoms with E-state index in [2.05, 4.69) is 10.3 Å². The Hall–Kier alpha value is -3.31. The Morgan fingerprint density at radius 1 is 1.15 bits per heavy atom. The molecule has 27 heavy (non-hydrogen) atoms. The van der Waals surface area contributed by atoms with Crippen LogP contribution in [0.15, 0.2) is 42.5 Å². The van der Waals surface area contributed by atoms with Gasteiger partial charge in [-0.25, -0.2) is 4.79 Å². The third-order valence-electron chi connectivity index (χ3n) is 4.62. The summed E-state index contributed by atoms with van der Waals surface area (Å²) in [6, 6.07) is 8.79. The molecule has 1 aromatic heterocycles. The van der Waals surface area contributed by atoms with Crippen molar-refractivity contribution in [1.82, 2.24) is 4.98 Å². The number of alkyl halides is 3. The Morgan fingerprint density at radius 2 is 1.96 bits per heavy atom. The smallest absolute Gasteiger partial charge is 0.354 e. The molecule has 4 nitrogen and oxygen atoms in total. The second kappa shape index (κ2) is 6.14. The first-order valence-electron chi connectivity index (χ1n) is 8.21. The number of allylic oxidation sites excluding steroid dienone is 1. The van der Waals surface area contributed by atoms with E-state index in [4.69, 9.17) is 0 Å². The van der Waals surface area contributed by atoms with Crippen LogP contribution in [0.5, 0.6) is 0 Å². The van der Waals surface area contributed by atoms with Crippen molar-refractivity contribution >= 4 is 28.4 Å². The van der Waals surface area contributed by atoms with Crippen LogP contribution in [0.3, 0.4) is 0 Å². The molecule has 4 rings (SSSR count). The van der Waals surface area contributed by atoms with Crippen molar-refractivity contribution in [3.8, 4) is 11.3 Å². The summed E-state index contributed by atoms with van der Waals surface area (Å²) >= 11 is 0. The zero-order valence-electron chi connectivity index (χ0n) is 13.9. The number of H-pyrrole nitrogens is 1. The monoisotopic (exact) mass is 370 g/mol. The summed E-state index contributed by atoms with van der Waals surface area (Å²) in [6.07, 6.45) is -2.77. The van der Waals surface area contributed by atoms with Crippen LogP contribution < -0.4 is 5.32 Å². The fourth-order valence-corrected chi connectivity index (χ4v) is 3.39. The number of halogens is 3. The number of amides is 1. The van der Waals surface area contributed by atoms with Gasteiger partial charge in [0.15, 0.2) is 0 Å². The molecule has 1 aliphatic rings. The van der Waals surface area contributed by atoms with Gasteiger partial charge in [0, 0.05) is 29.0 Å². The van der Waals surface area contributed by atoms with Gasteiger partial charge in [0.25, 0.3) is 0 Å². The van der Waals surface area contributed by atoms with Crippen molar-refractivity contribution in [2.75, 3.05) is 5.32 Å². The molecule has 0 unspecified atom stereocenters. The zero-order chi connectivity index (χ0) is 19.2. The number of aromatic nitrogens is 1. The van der Waals surface area contributed by atoms with Gasteiger partial charge >= 0.3 is 6.18 Å². The van der Waals surface area contributed by atoms with Gasteiger partial charge in [0.05, 0.1) is 23.4 Å². The van der Waals surface area contributed by atoms with E-state index < -0.39 is 11.7 Å². The molecule has 0 saturated carbocycles. The molecule has 0 fully saturated rings. The topological polar surface area (TPSA) is 62.0 Å². The van der Waals surface area contributed by atoms with Crippen molar-refractivity contribution in [2.24, 2.45) is 0 Å². The van der Waals surface area contributed by atoms with Crippen LogP contribution in [0.4, 0.5) is 18.9 Å². The molecule has 1 amide bonds. The van der Waals surface area contributed by atoms with Crippen LogP contribution in [0.1, 0.15) is 16.7 Å². The maximum atomic E-state index is 13.1. The average Bonchev–Trinajstić information content (AvgIpc) is 2.90. The lowest BCUT2D eigenvalue weighted by molar-refractivity contribution is -0.137. The number of anilines is 1. The largest absolute Gasteiger partial charge is 0.416 e. The Balaban J connectivity index is 1.95. The van der Waals surface area contributed by atoms with Crippen molar-refractivity contribution < 1.29 is 22.8 Å². The SMILES string of the molecule is O=C=CCc1ccc2c(c1)-c1[nH]c3ccc(C(F)(F)F)cc3c1CC(=O)N2. The summed E-state index contributed by atoms with van der Waals surface area (Å²) in [5.41, 5.74) is 2.98. The third kappa shape index (κ3) is 3.02. The first-order valence-corrected chi connectivity index (χ1v) is 8.21. The Morgan fingerprint density at radius 3 is 2.70 bits per heavy atom. The van der Waals surface area contributed by atoms with E-state index in [9.17, 15) is 22.8 Å². The molecule has 2 N–H and O–H groups in total. The number of fused-ring (bicyclic) bond motifs is 5. The van der Waals surface area contributed by atoms with E-state index in [0.717, 1.165) is 17.7 Å². The highest BCUT2D eigenvalue weighted by atomic mass is 19.4. The number of aromatic amines is 1. The minimum atomic E-state index is -4.46. The molecule has 136 valence electrons. The lowest BCUT2D eigenvalue weighted by atomic mass is 9.99. The highest BCUT2D eigenvalue weighted by Crippen LogP contribution is 2.40. The molecule has 0 saturated heterocycles. The maximum Gasteiger partial charge on any atom is 0.416 e. The summed E-state index contributed by atoms with van der Waals surface area (Å²) in [7, 11) is 0. The van der Waals surface area contributed by atoms with Gasteiger partial charge in [-0.15, -0.1) is 0 Å². The van der Waals surface area contributed by atoms with Gasteiger partial charge in [0.2, 0.25) is 5.91 Å². The molecule has 0 aliphatic carbocycles. The summed E-state index contributed by atoms with van der Waals surface area (Å²) in [4.78, 5) is 25.9. The predicted octanol–water partition coefficient (Wildman–Crippen LogP) is 4.28. The lowest BCUT2D eigenvalue weighted by Gasteiger charge is -2.09. The standard InChI is InChI=1S/C20H13F3N2O2/c21-20(22,23)12-4-6-16-13(9-12)14-10-18(27)24-17-5-3-11(2-1-7-26)8-15(17)19(14)25-16/h1,3-6,8-9,25H,2,10H2,(H,24,27). The molecule has 2 aromatic carbocycles. The fourth-order valence-electron chi connectivity index (χ4n) is 3.39. The van der Waals surface area contributed by atoms with Gasteiger partial charge in [-0.05, 0) is 41.5 Å². The van der Waals surface area contributed by atoms with Gasteiger partial charge < -0.3 is 10.3 Å². The van der Waals surface area contributed by atoms with E-state index >= 15 is 0 Å². The molecular formula is C20H13F3N2O2. The Bertz CT molecular complexity index is 1120. The van der Waals surface area contributed by atoms with E-state index in [-0.39, 0.29) is 12.3 Å². The number of carbonyl (C=O) groups is 1. The fraction of sp³-hybridized carbons (Fsp3) is 0.150. The highest BCUT2D eigenvalue weighted by molar-refractivity contribution is 6.05. The minimum absolute atomic E-state index is 0.0328. The number of benzene rings is 2. The van der Waals surface area contributed by atoms with Crippen LogP contribution in [0.25, 0.3) is 22.2 Å². The summed E-state index contributed by atoms with van der Waals surface area (Å²) in [5.74, 6) is 1.42. The first kappa shape index (κ1) is 17.1. The van der Waals surface area contributed by atoms with Crippen LogP contribution in [0.2, 0.25) is 0 Å². The van der Waals surface area contributed by atoms with E-state index in [1.54, 1.807) is 18.1 Å². The van der Waals surface area contributed by atoms with Crippen LogP contribution in [-0.2, 0) is 28.6 Å². The molecule has 1 aliphatic heterocycles. The number of nitrogens with one attached hydrogen (secondary N) is 2. The average molecular weight is 370 g/mol. The molecule has 3 aromatic rings. The van der Waals surface area contributed by atoms with Crippen LogP contribution in [0, 0.1) is 0 Å². The predicted molar refractivity (Wildman–Crippen MR) is 95.0 cm³/mol. The maximum absolute atomic E-state index is 13.1. The van der Waals surface area contributed by atoms with Crippen LogP contribution >= 0.6 is 0 Å². The highest BCUT2D eigenvalue weighted by Gasteiger charge is 2.32. The molecule has 0 spiro atoms. The molecule has 7 heteroatoms. The lowest BCUT2D eigenvalue weighted by Crippen LogP contribution is -2.12. The van der Waals surface area contributed by atoms with E-state index in [1.165, 1.54) is 12.1 Å². The molecule has 0 atom stereocenters. The summed E-state index contributed by atoms with van der Waals surface area (Å²) < 4.78 is 39.3. The summed E-state index contributed by atoms with van der Waals surface area (Å²) in [6.45, 7) is 0. The minimum Gasteiger partial charge on any atom is -0.354 e. The Labute approximate surface area is 151 Å². The summed E-state index contributed by atoms with van der Waals surface area (Å²) in [5, 5.41) is 3.16. The normalized spacial score (nSPS) is 13.4. The molecular weight excluding hydrogens is 357 g/mol. The molecule has 0 radical (unpaired) electrons. The van der Waals surface area contributed by atoms with Gasteiger partial charge in [-0.3, -0.25) is 4.79 Å². The molecule has 0 bridgehead atoms. The van der Waals surface area contributed by atoms with Crippen LogP contribution in [-0.4, -0.2) is 16.8 Å². The van der Waals surface area contributed by atoms with Crippen molar-refractivity contribution in [3.63, 3.8) is 0 Å². The number of hydrogen-bond acceptors (Lipinski definition) is 2. The first-order chi connectivity index (χ1) is 12.9. The van der Waals surface area contributed by atoms with Crippen molar-refractivity contribution in [3.05, 3.63) is 59.2 Å². The Kier molecular flexibility index (Phi) is 3.89. The third-order valence-corrected chi connectivity index (χ3v) is 4.62. The second-order valence-electron chi connectivity index (χ2n) is 6.37. The second-order valence-corrected chi connectivity index (χ2v) is 6.37. The van der Waals surface area contributed by atoms with Gasteiger partial charge in [-0.2, -0.15) is 13.2 Å². The van der Waals surface area contributed by atoms with E-state index in [0.29, 0.717) is 39.8 Å². The quantitative estimate of drug-likeness (QED) is 0.662. The number of hydrogen-bond donors (Lipinski definition) is 2. The van der Waals surface area contributed by atoms with E-state index in [1.807, 2.05) is 6.07 Å². The number of carbonyl (C=O) groups excluding carboxylic acids is 2. The van der Waals surface area contributed by atoms with Gasteiger partial charge in [-0.1, -0.05) is 6.07 Å². The van der Waals surface area contributed by atoms with Gasteiger partial charge in [0.1, 0.15) is 5.94 Å². The molecule has 2 heterocycles. The zero-order valence-corrected chi connectivity index (χ0v) is 13.9. The van der Waals surface area contributed by atoms with Crippen molar-refractivity contribution in [1.29, 1.82) is 0 Å². The number of rotatable bonds is 2.